The molecule has 0 aliphatic carbocycles. The van der Waals surface area contributed by atoms with Crippen LogP contribution in [0.3, 0.4) is 0 Å². The molecule has 0 saturated carbocycles. The molecule has 2 N–H and O–H groups in total. The number of rotatable bonds is 4. The van der Waals surface area contributed by atoms with Crippen LogP contribution in [0.4, 0.5) is 0 Å². The van der Waals surface area contributed by atoms with Crippen molar-refractivity contribution in [2.45, 2.75) is 31.9 Å². The summed E-state index contributed by atoms with van der Waals surface area (Å²) in [4.78, 5) is 4.56. The Bertz CT molecular complexity index is 663. The molecule has 0 bridgehead atoms. The van der Waals surface area contributed by atoms with Crippen molar-refractivity contribution >= 4 is 15.8 Å². The van der Waals surface area contributed by atoms with Gasteiger partial charge in [-0.25, -0.2) is 13.4 Å². The number of para-hydroxylation sites is 1. The third-order valence-corrected chi connectivity index (χ3v) is 5.85. The van der Waals surface area contributed by atoms with E-state index in [0.29, 0.717) is 18.9 Å². The number of aliphatic imine (C=N–C) groups is 1. The molecule has 0 aromatic heterocycles. The molecule has 0 radical (unpaired) electrons. The summed E-state index contributed by atoms with van der Waals surface area (Å²) in [6.07, 6.45) is 1.53. The molecule has 2 unspecified atom stereocenters. The average molecular weight is 337 g/mol. The van der Waals surface area contributed by atoms with Crippen molar-refractivity contribution < 1.29 is 13.2 Å². The molecule has 1 saturated heterocycles. The minimum Gasteiger partial charge on any atom is -0.488 e. The molecule has 0 amide bonds. The summed E-state index contributed by atoms with van der Waals surface area (Å²) in [5.41, 5.74) is 1.22. The third kappa shape index (κ3) is 4.16. The first kappa shape index (κ1) is 16.1. The van der Waals surface area contributed by atoms with Gasteiger partial charge in [-0.2, -0.15) is 0 Å². The number of nitrogens with zero attached hydrogens (tertiary/aromatic N) is 1. The molecule has 0 spiro atoms. The number of guanidine groups is 1. The molecule has 126 valence electrons. The first-order chi connectivity index (χ1) is 11.1. The maximum Gasteiger partial charge on any atom is 0.191 e. The van der Waals surface area contributed by atoms with E-state index in [-0.39, 0.29) is 23.7 Å². The normalized spacial score (nSPS) is 25.7. The van der Waals surface area contributed by atoms with Crippen molar-refractivity contribution in [3.05, 3.63) is 29.8 Å². The van der Waals surface area contributed by atoms with Crippen LogP contribution in [0.25, 0.3) is 0 Å². The number of nitrogens with one attached hydrogen (secondary N) is 2. The van der Waals surface area contributed by atoms with Crippen molar-refractivity contribution in [3.63, 3.8) is 0 Å². The van der Waals surface area contributed by atoms with Crippen LogP contribution >= 0.6 is 0 Å². The Balaban J connectivity index is 1.57. The molecule has 3 rings (SSSR count). The smallest absolute Gasteiger partial charge is 0.191 e. The van der Waals surface area contributed by atoms with Gasteiger partial charge in [0.25, 0.3) is 0 Å². The summed E-state index contributed by atoms with van der Waals surface area (Å²) < 4.78 is 29.0. The SMILES string of the molecule is CCNC(=NCC1Cc2ccccc2O1)NC1CCS(=O)(=O)C1. The standard InChI is InChI=1S/C16H23N3O3S/c1-2-17-16(19-13-7-8-23(20,21)11-13)18-10-14-9-12-5-3-4-6-15(12)22-14/h3-6,13-14H,2,7-11H2,1H3,(H2,17,18,19). The van der Waals surface area contributed by atoms with Gasteiger partial charge in [0.2, 0.25) is 0 Å². The Morgan fingerprint density at radius 3 is 2.91 bits per heavy atom. The number of benzene rings is 1. The van der Waals surface area contributed by atoms with E-state index in [0.717, 1.165) is 18.7 Å². The van der Waals surface area contributed by atoms with E-state index in [1.807, 2.05) is 25.1 Å². The van der Waals surface area contributed by atoms with Crippen LogP contribution in [0, 0.1) is 0 Å². The van der Waals surface area contributed by atoms with E-state index < -0.39 is 9.84 Å². The first-order valence-electron chi connectivity index (χ1n) is 8.05. The maximum atomic E-state index is 11.6. The first-order valence-corrected chi connectivity index (χ1v) is 9.87. The fraction of sp³-hybridized carbons (Fsp3) is 0.562. The molecule has 1 fully saturated rings. The van der Waals surface area contributed by atoms with Gasteiger partial charge in [-0.3, -0.25) is 0 Å². The highest BCUT2D eigenvalue weighted by Gasteiger charge is 2.28. The summed E-state index contributed by atoms with van der Waals surface area (Å²) in [5, 5.41) is 6.39. The van der Waals surface area contributed by atoms with Gasteiger partial charge in [-0.05, 0) is 25.0 Å². The lowest BCUT2D eigenvalue weighted by molar-refractivity contribution is 0.241. The molecule has 23 heavy (non-hydrogen) atoms. The molecule has 1 aromatic carbocycles. The highest BCUT2D eigenvalue weighted by atomic mass is 32.2. The van der Waals surface area contributed by atoms with Crippen LogP contribution in [0.15, 0.2) is 29.3 Å². The lowest BCUT2D eigenvalue weighted by Crippen LogP contribution is -2.44. The van der Waals surface area contributed by atoms with Crippen LogP contribution in [0.1, 0.15) is 18.9 Å². The highest BCUT2D eigenvalue weighted by Crippen LogP contribution is 2.28. The fourth-order valence-electron chi connectivity index (χ4n) is 2.97. The molecule has 1 aromatic rings. The maximum absolute atomic E-state index is 11.6. The average Bonchev–Trinajstić information content (AvgIpc) is 3.07. The van der Waals surface area contributed by atoms with Crippen molar-refractivity contribution in [2.75, 3.05) is 24.6 Å². The van der Waals surface area contributed by atoms with E-state index in [1.165, 1.54) is 5.56 Å². The topological polar surface area (TPSA) is 79.8 Å². The molecule has 7 heteroatoms. The minimum atomic E-state index is -2.89. The van der Waals surface area contributed by atoms with Gasteiger partial charge in [-0.1, -0.05) is 18.2 Å². The number of ether oxygens (including phenoxy) is 1. The number of fused-ring (bicyclic) bond motifs is 1. The van der Waals surface area contributed by atoms with Crippen LogP contribution < -0.4 is 15.4 Å². The molecule has 2 aliphatic rings. The predicted molar refractivity (Wildman–Crippen MR) is 90.7 cm³/mol. The molecule has 2 atom stereocenters. The Morgan fingerprint density at radius 1 is 1.39 bits per heavy atom. The monoisotopic (exact) mass is 337 g/mol. The minimum absolute atomic E-state index is 0.0372. The van der Waals surface area contributed by atoms with Crippen molar-refractivity contribution in [2.24, 2.45) is 4.99 Å². The van der Waals surface area contributed by atoms with Gasteiger partial charge in [-0.15, -0.1) is 0 Å². The Kier molecular flexibility index (Phi) is 4.75. The summed E-state index contributed by atoms with van der Waals surface area (Å²) in [5.74, 6) is 2.04. The zero-order chi connectivity index (χ0) is 16.3. The largest absolute Gasteiger partial charge is 0.488 e. The Hall–Kier alpha value is -1.76. The number of hydrogen-bond donors (Lipinski definition) is 2. The van der Waals surface area contributed by atoms with Crippen LogP contribution in [-0.4, -0.2) is 51.1 Å². The van der Waals surface area contributed by atoms with Gasteiger partial charge in [0, 0.05) is 19.0 Å². The molecular weight excluding hydrogens is 314 g/mol. The van der Waals surface area contributed by atoms with Crippen LogP contribution in [0.2, 0.25) is 0 Å². The van der Waals surface area contributed by atoms with E-state index >= 15 is 0 Å². The van der Waals surface area contributed by atoms with E-state index in [4.69, 9.17) is 4.74 Å². The highest BCUT2D eigenvalue weighted by molar-refractivity contribution is 7.91. The summed E-state index contributed by atoms with van der Waals surface area (Å²) in [7, 11) is -2.89. The molecule has 2 heterocycles. The number of sulfone groups is 1. The quantitative estimate of drug-likeness (QED) is 0.625. The fourth-order valence-corrected chi connectivity index (χ4v) is 4.64. The van der Waals surface area contributed by atoms with Gasteiger partial charge in [0.15, 0.2) is 15.8 Å². The van der Waals surface area contributed by atoms with Crippen molar-refractivity contribution in [3.8, 4) is 5.75 Å². The van der Waals surface area contributed by atoms with Crippen molar-refractivity contribution in [1.82, 2.24) is 10.6 Å². The van der Waals surface area contributed by atoms with E-state index in [9.17, 15) is 8.42 Å². The van der Waals surface area contributed by atoms with Crippen molar-refractivity contribution in [1.29, 1.82) is 0 Å². The van der Waals surface area contributed by atoms with Gasteiger partial charge in [0.1, 0.15) is 11.9 Å². The third-order valence-electron chi connectivity index (χ3n) is 4.08. The summed E-state index contributed by atoms with van der Waals surface area (Å²) in [6.45, 7) is 3.27. The zero-order valence-corrected chi connectivity index (χ0v) is 14.1. The molecular formula is C16H23N3O3S. The predicted octanol–water partition coefficient (Wildman–Crippen LogP) is 0.732. The second-order valence-corrected chi connectivity index (χ2v) is 8.24. The summed E-state index contributed by atoms with van der Waals surface area (Å²) >= 11 is 0. The zero-order valence-electron chi connectivity index (χ0n) is 13.3. The molecule has 2 aliphatic heterocycles. The lowest BCUT2D eigenvalue weighted by Gasteiger charge is -2.16. The second-order valence-electron chi connectivity index (χ2n) is 6.02. The van der Waals surface area contributed by atoms with Gasteiger partial charge < -0.3 is 15.4 Å². The van der Waals surface area contributed by atoms with E-state index in [1.54, 1.807) is 0 Å². The lowest BCUT2D eigenvalue weighted by atomic mass is 10.1. The second kappa shape index (κ2) is 6.78. The van der Waals surface area contributed by atoms with Gasteiger partial charge >= 0.3 is 0 Å². The summed E-state index contributed by atoms with van der Waals surface area (Å²) in [6, 6.07) is 7.98. The van der Waals surface area contributed by atoms with Crippen LogP contribution in [0.5, 0.6) is 5.75 Å². The Labute approximate surface area is 137 Å². The van der Waals surface area contributed by atoms with Gasteiger partial charge in [0.05, 0.1) is 18.1 Å². The molecule has 6 nitrogen and oxygen atoms in total. The van der Waals surface area contributed by atoms with Crippen LogP contribution in [-0.2, 0) is 16.3 Å². The number of hydrogen-bond acceptors (Lipinski definition) is 4. The van der Waals surface area contributed by atoms with E-state index in [2.05, 4.69) is 21.7 Å². The Morgan fingerprint density at radius 2 is 2.22 bits per heavy atom.